The van der Waals surface area contributed by atoms with Crippen LogP contribution in [0.25, 0.3) is 0 Å². The molecule has 21 heavy (non-hydrogen) atoms. The van der Waals surface area contributed by atoms with E-state index in [0.717, 1.165) is 0 Å². The average Bonchev–Trinajstić information content (AvgIpc) is 2.33. The predicted octanol–water partition coefficient (Wildman–Crippen LogP) is 1.77. The van der Waals surface area contributed by atoms with Gasteiger partial charge in [-0.2, -0.15) is 0 Å². The fourth-order valence-corrected chi connectivity index (χ4v) is 1.77. The molecule has 0 aromatic heterocycles. The van der Waals surface area contributed by atoms with Crippen molar-refractivity contribution in [2.45, 2.75) is 47.5 Å². The van der Waals surface area contributed by atoms with Crippen molar-refractivity contribution in [3.05, 3.63) is 0 Å². The fraction of sp³-hybridized carbons (Fsp3) is 0.800. The molecule has 0 N–H and O–H groups in total. The highest BCUT2D eigenvalue weighted by Gasteiger charge is 2.24. The number of nitrogens with zero attached hydrogens (tertiary/aromatic N) is 1. The van der Waals surface area contributed by atoms with Gasteiger partial charge in [0.25, 0.3) is 0 Å². The van der Waals surface area contributed by atoms with Gasteiger partial charge < -0.3 is 14.4 Å². The number of carbonyl (C=O) groups is 3. The fourth-order valence-electron chi connectivity index (χ4n) is 1.77. The topological polar surface area (TPSA) is 72.9 Å². The van der Waals surface area contributed by atoms with Crippen molar-refractivity contribution in [2.75, 3.05) is 26.3 Å². The summed E-state index contributed by atoms with van der Waals surface area (Å²) in [6.07, 6.45) is -0.175. The molecule has 0 fully saturated rings. The third-order valence-corrected chi connectivity index (χ3v) is 2.51. The molecule has 0 aliphatic rings. The lowest BCUT2D eigenvalue weighted by atomic mass is 9.96. The van der Waals surface area contributed by atoms with Crippen LogP contribution in [-0.2, 0) is 23.9 Å². The Balaban J connectivity index is 4.61. The van der Waals surface area contributed by atoms with Gasteiger partial charge in [-0.15, -0.1) is 0 Å². The third kappa shape index (κ3) is 9.87. The number of hydrogen-bond acceptors (Lipinski definition) is 5. The number of ether oxygens (including phenoxy) is 2. The third-order valence-electron chi connectivity index (χ3n) is 2.51. The van der Waals surface area contributed by atoms with E-state index in [-0.39, 0.29) is 43.3 Å². The average molecular weight is 301 g/mol. The molecule has 0 saturated heterocycles. The van der Waals surface area contributed by atoms with Gasteiger partial charge in [-0.1, -0.05) is 20.8 Å². The highest BCUT2D eigenvalue weighted by Crippen LogP contribution is 2.16. The summed E-state index contributed by atoms with van der Waals surface area (Å²) in [4.78, 5) is 36.5. The second kappa shape index (κ2) is 9.37. The summed E-state index contributed by atoms with van der Waals surface area (Å²) in [7, 11) is 0. The largest absolute Gasteiger partial charge is 0.466 e. The van der Waals surface area contributed by atoms with E-state index in [1.807, 2.05) is 20.8 Å². The van der Waals surface area contributed by atoms with Crippen LogP contribution in [0.2, 0.25) is 0 Å². The molecule has 0 unspecified atom stereocenters. The summed E-state index contributed by atoms with van der Waals surface area (Å²) in [5.74, 6) is -1.22. The molecule has 1 amide bonds. The molecule has 0 aliphatic carbocycles. The molecule has 0 aromatic rings. The van der Waals surface area contributed by atoms with E-state index >= 15 is 0 Å². The molecule has 0 aliphatic heterocycles. The first-order valence-corrected chi connectivity index (χ1v) is 7.28. The minimum absolute atomic E-state index is 0.123. The zero-order chi connectivity index (χ0) is 16.5. The van der Waals surface area contributed by atoms with Crippen LogP contribution in [0.4, 0.5) is 0 Å². The Morgan fingerprint density at radius 1 is 0.952 bits per heavy atom. The Bertz CT molecular complexity index is 360. The van der Waals surface area contributed by atoms with Crippen molar-refractivity contribution in [3.8, 4) is 0 Å². The molecule has 0 saturated carbocycles. The number of amides is 1. The Hall–Kier alpha value is -1.59. The molecule has 6 heteroatoms. The standard InChI is InChI=1S/C15H27NO5/c1-6-20-13(18)8-9-16(11-15(3,4)5)12(17)10-14(19)21-7-2/h6-11H2,1-5H3. The van der Waals surface area contributed by atoms with Crippen LogP contribution in [0.1, 0.15) is 47.5 Å². The molecule has 122 valence electrons. The molecule has 0 heterocycles. The summed E-state index contributed by atoms with van der Waals surface area (Å²) in [5.41, 5.74) is -0.126. The van der Waals surface area contributed by atoms with Crippen LogP contribution in [0.3, 0.4) is 0 Å². The van der Waals surface area contributed by atoms with Gasteiger partial charge in [0.1, 0.15) is 6.42 Å². The molecule has 0 aromatic carbocycles. The number of esters is 2. The molecule has 0 rings (SSSR count). The highest BCUT2D eigenvalue weighted by molar-refractivity contribution is 5.94. The molecular weight excluding hydrogens is 274 g/mol. The lowest BCUT2D eigenvalue weighted by molar-refractivity contribution is -0.149. The lowest BCUT2D eigenvalue weighted by Gasteiger charge is -2.29. The summed E-state index contributed by atoms with van der Waals surface area (Å²) in [6.45, 7) is 10.7. The predicted molar refractivity (Wildman–Crippen MR) is 78.5 cm³/mol. The normalized spacial score (nSPS) is 10.9. The summed E-state index contributed by atoms with van der Waals surface area (Å²) >= 11 is 0. The zero-order valence-electron chi connectivity index (χ0n) is 13.7. The first kappa shape index (κ1) is 19.4. The van der Waals surface area contributed by atoms with Gasteiger partial charge in [0, 0.05) is 13.1 Å². The van der Waals surface area contributed by atoms with Gasteiger partial charge in [0.05, 0.1) is 19.6 Å². The van der Waals surface area contributed by atoms with Crippen LogP contribution >= 0.6 is 0 Å². The van der Waals surface area contributed by atoms with Crippen molar-refractivity contribution >= 4 is 17.8 Å². The van der Waals surface area contributed by atoms with Crippen molar-refractivity contribution in [1.82, 2.24) is 4.90 Å². The molecule has 6 nitrogen and oxygen atoms in total. The van der Waals surface area contributed by atoms with E-state index in [4.69, 9.17) is 9.47 Å². The van der Waals surface area contributed by atoms with Crippen LogP contribution < -0.4 is 0 Å². The highest BCUT2D eigenvalue weighted by atomic mass is 16.5. The van der Waals surface area contributed by atoms with E-state index in [2.05, 4.69) is 0 Å². The second-order valence-electron chi connectivity index (χ2n) is 5.91. The molecule has 0 spiro atoms. The maximum atomic E-state index is 12.1. The first-order chi connectivity index (χ1) is 9.69. The van der Waals surface area contributed by atoms with Gasteiger partial charge in [-0.05, 0) is 19.3 Å². The van der Waals surface area contributed by atoms with Gasteiger partial charge in [-0.25, -0.2) is 0 Å². The van der Waals surface area contributed by atoms with Crippen molar-refractivity contribution in [3.63, 3.8) is 0 Å². The first-order valence-electron chi connectivity index (χ1n) is 7.28. The molecule has 0 atom stereocenters. The van der Waals surface area contributed by atoms with E-state index < -0.39 is 5.97 Å². The Morgan fingerprint density at radius 2 is 1.48 bits per heavy atom. The monoisotopic (exact) mass is 301 g/mol. The minimum Gasteiger partial charge on any atom is -0.466 e. The van der Waals surface area contributed by atoms with Crippen LogP contribution in [-0.4, -0.2) is 49.0 Å². The summed E-state index contributed by atoms with van der Waals surface area (Å²) < 4.78 is 9.63. The Morgan fingerprint density at radius 3 is 1.95 bits per heavy atom. The second-order valence-corrected chi connectivity index (χ2v) is 5.91. The molecule has 0 bridgehead atoms. The van der Waals surface area contributed by atoms with Crippen molar-refractivity contribution in [2.24, 2.45) is 5.41 Å². The SMILES string of the molecule is CCOC(=O)CCN(CC(C)(C)C)C(=O)CC(=O)OCC. The maximum Gasteiger partial charge on any atom is 0.315 e. The summed E-state index contributed by atoms with van der Waals surface area (Å²) in [6, 6.07) is 0. The van der Waals surface area contributed by atoms with Crippen LogP contribution in [0.5, 0.6) is 0 Å². The quantitative estimate of drug-likeness (QED) is 0.504. The zero-order valence-corrected chi connectivity index (χ0v) is 13.7. The lowest BCUT2D eigenvalue weighted by Crippen LogP contribution is -2.40. The van der Waals surface area contributed by atoms with E-state index in [1.165, 1.54) is 4.90 Å². The van der Waals surface area contributed by atoms with Gasteiger partial charge in [0.15, 0.2) is 0 Å². The van der Waals surface area contributed by atoms with Crippen LogP contribution in [0, 0.1) is 5.41 Å². The van der Waals surface area contributed by atoms with Gasteiger partial charge in [0.2, 0.25) is 5.91 Å². The van der Waals surface area contributed by atoms with E-state index in [9.17, 15) is 14.4 Å². The van der Waals surface area contributed by atoms with Crippen molar-refractivity contribution < 1.29 is 23.9 Å². The van der Waals surface area contributed by atoms with E-state index in [0.29, 0.717) is 13.2 Å². The number of carbonyl (C=O) groups excluding carboxylic acids is 3. The van der Waals surface area contributed by atoms with Crippen molar-refractivity contribution in [1.29, 1.82) is 0 Å². The van der Waals surface area contributed by atoms with Gasteiger partial charge in [-0.3, -0.25) is 14.4 Å². The summed E-state index contributed by atoms with van der Waals surface area (Å²) in [5, 5.41) is 0. The minimum atomic E-state index is -0.544. The maximum absolute atomic E-state index is 12.1. The number of rotatable bonds is 8. The Kier molecular flexibility index (Phi) is 8.66. The van der Waals surface area contributed by atoms with Crippen LogP contribution in [0.15, 0.2) is 0 Å². The Labute approximate surface area is 126 Å². The molecule has 0 radical (unpaired) electrons. The smallest absolute Gasteiger partial charge is 0.315 e. The number of hydrogen-bond donors (Lipinski definition) is 0. The van der Waals surface area contributed by atoms with Gasteiger partial charge >= 0.3 is 11.9 Å². The molecular formula is C15H27NO5. The van der Waals surface area contributed by atoms with E-state index in [1.54, 1.807) is 13.8 Å².